The molecule has 1 heterocycles. The molecule has 0 spiro atoms. The van der Waals surface area contributed by atoms with Gasteiger partial charge in [-0.3, -0.25) is 9.69 Å². The van der Waals surface area contributed by atoms with Crippen molar-refractivity contribution in [2.45, 2.75) is 26.3 Å². The van der Waals surface area contributed by atoms with Gasteiger partial charge >= 0.3 is 0 Å². The molecule has 2 rings (SSSR count). The van der Waals surface area contributed by atoms with Crippen molar-refractivity contribution in [3.63, 3.8) is 0 Å². The first-order chi connectivity index (χ1) is 10.3. The van der Waals surface area contributed by atoms with Crippen LogP contribution >= 0.6 is 23.2 Å². The van der Waals surface area contributed by atoms with E-state index < -0.39 is 0 Å². The Labute approximate surface area is 141 Å². The number of rotatable bonds is 5. The van der Waals surface area contributed by atoms with E-state index in [1.165, 1.54) is 0 Å². The predicted molar refractivity (Wildman–Crippen MR) is 91.2 cm³/mol. The van der Waals surface area contributed by atoms with E-state index in [1.807, 2.05) is 13.0 Å². The highest BCUT2D eigenvalue weighted by Crippen LogP contribution is 2.28. The van der Waals surface area contributed by atoms with Crippen LogP contribution in [0.3, 0.4) is 0 Å². The molecular weight excluding hydrogens is 321 g/mol. The summed E-state index contributed by atoms with van der Waals surface area (Å²) in [7, 11) is 0. The summed E-state index contributed by atoms with van der Waals surface area (Å²) in [6.07, 6.45) is 1.04. The molecule has 4 nitrogen and oxygen atoms in total. The van der Waals surface area contributed by atoms with Crippen molar-refractivity contribution in [3.8, 4) is 0 Å². The minimum absolute atomic E-state index is 0.000196. The van der Waals surface area contributed by atoms with Gasteiger partial charge in [0, 0.05) is 16.6 Å². The minimum atomic E-state index is -0.152. The minimum Gasteiger partial charge on any atom is -0.348 e. The second-order valence-electron chi connectivity index (χ2n) is 6.43. The summed E-state index contributed by atoms with van der Waals surface area (Å²) in [4.78, 5) is 14.4. The Bertz CT molecular complexity index is 552. The number of carbonyl (C=O) groups is 1. The normalized spacial score (nSPS) is 23.5. The first-order valence-electron chi connectivity index (χ1n) is 7.50. The summed E-state index contributed by atoms with van der Waals surface area (Å²) in [6, 6.07) is 5.16. The first-order valence-corrected chi connectivity index (χ1v) is 8.25. The number of nitrogens with one attached hydrogen (secondary N) is 1. The fourth-order valence-corrected chi connectivity index (χ4v) is 3.42. The highest BCUT2D eigenvalue weighted by Gasteiger charge is 2.33. The van der Waals surface area contributed by atoms with Crippen LogP contribution in [-0.4, -0.2) is 37.0 Å². The molecule has 1 fully saturated rings. The second-order valence-corrected chi connectivity index (χ2v) is 7.27. The number of nitrogens with two attached hydrogens (primary N) is 1. The monoisotopic (exact) mass is 343 g/mol. The van der Waals surface area contributed by atoms with Gasteiger partial charge in [-0.15, -0.1) is 0 Å². The molecule has 3 N–H and O–H groups in total. The van der Waals surface area contributed by atoms with Gasteiger partial charge in [-0.1, -0.05) is 36.2 Å². The zero-order chi connectivity index (χ0) is 16.3. The van der Waals surface area contributed by atoms with E-state index in [0.717, 1.165) is 25.1 Å². The number of likely N-dealkylation sites (tertiary alicyclic amines) is 1. The fourth-order valence-electron chi connectivity index (χ4n) is 2.85. The van der Waals surface area contributed by atoms with Crippen LogP contribution in [0.4, 0.5) is 0 Å². The summed E-state index contributed by atoms with van der Waals surface area (Å²) >= 11 is 12.1. The Morgan fingerprint density at radius 2 is 2.23 bits per heavy atom. The standard InChI is InChI=1S/C16H23Cl2N3O/c1-11(13-4-3-12(17)7-14(13)18)20-15(22)8-21-6-5-16(2,9-19)10-21/h3-4,7,11H,5-6,8-10,19H2,1-2H3,(H,20,22). The lowest BCUT2D eigenvalue weighted by molar-refractivity contribution is -0.122. The van der Waals surface area contributed by atoms with E-state index in [4.69, 9.17) is 28.9 Å². The van der Waals surface area contributed by atoms with E-state index in [2.05, 4.69) is 17.1 Å². The Kier molecular flexibility index (Phi) is 5.72. The van der Waals surface area contributed by atoms with Crippen LogP contribution in [0.25, 0.3) is 0 Å². The third-order valence-corrected chi connectivity index (χ3v) is 4.87. The molecule has 0 saturated carbocycles. The maximum Gasteiger partial charge on any atom is 0.234 e. The molecule has 22 heavy (non-hydrogen) atoms. The maximum atomic E-state index is 12.2. The summed E-state index contributed by atoms with van der Waals surface area (Å²) in [5.41, 5.74) is 6.79. The topological polar surface area (TPSA) is 58.4 Å². The largest absolute Gasteiger partial charge is 0.348 e. The van der Waals surface area contributed by atoms with Gasteiger partial charge in [0.25, 0.3) is 0 Å². The van der Waals surface area contributed by atoms with E-state index >= 15 is 0 Å². The van der Waals surface area contributed by atoms with Crippen molar-refractivity contribution in [2.75, 3.05) is 26.2 Å². The Balaban J connectivity index is 1.89. The van der Waals surface area contributed by atoms with E-state index in [1.54, 1.807) is 12.1 Å². The molecule has 0 aromatic heterocycles. The molecule has 1 saturated heterocycles. The fraction of sp³-hybridized carbons (Fsp3) is 0.562. The molecule has 6 heteroatoms. The van der Waals surface area contributed by atoms with Gasteiger partial charge in [-0.05, 0) is 49.5 Å². The molecule has 122 valence electrons. The number of hydrogen-bond acceptors (Lipinski definition) is 3. The molecule has 0 aliphatic carbocycles. The average Bonchev–Trinajstić information content (AvgIpc) is 2.80. The lowest BCUT2D eigenvalue weighted by atomic mass is 9.90. The van der Waals surface area contributed by atoms with Crippen molar-refractivity contribution in [1.82, 2.24) is 10.2 Å². The highest BCUT2D eigenvalue weighted by atomic mass is 35.5. The lowest BCUT2D eigenvalue weighted by Crippen LogP contribution is -2.39. The van der Waals surface area contributed by atoms with Crippen LogP contribution in [0.1, 0.15) is 31.9 Å². The molecule has 0 radical (unpaired) electrons. The zero-order valence-corrected chi connectivity index (χ0v) is 14.5. The van der Waals surface area contributed by atoms with Gasteiger partial charge < -0.3 is 11.1 Å². The Morgan fingerprint density at radius 3 is 2.82 bits per heavy atom. The number of nitrogens with zero attached hydrogens (tertiary/aromatic N) is 1. The van der Waals surface area contributed by atoms with Crippen LogP contribution in [0.2, 0.25) is 10.0 Å². The van der Waals surface area contributed by atoms with Crippen LogP contribution in [0.15, 0.2) is 18.2 Å². The van der Waals surface area contributed by atoms with Crippen molar-refractivity contribution in [2.24, 2.45) is 11.1 Å². The van der Waals surface area contributed by atoms with Crippen LogP contribution in [0.5, 0.6) is 0 Å². The average molecular weight is 344 g/mol. The molecule has 1 aliphatic heterocycles. The number of benzene rings is 1. The molecule has 1 aromatic carbocycles. The van der Waals surface area contributed by atoms with Gasteiger partial charge in [0.2, 0.25) is 5.91 Å². The lowest BCUT2D eigenvalue weighted by Gasteiger charge is -2.23. The van der Waals surface area contributed by atoms with Crippen LogP contribution in [-0.2, 0) is 4.79 Å². The highest BCUT2D eigenvalue weighted by molar-refractivity contribution is 6.35. The van der Waals surface area contributed by atoms with Crippen LogP contribution < -0.4 is 11.1 Å². The quantitative estimate of drug-likeness (QED) is 0.864. The van der Waals surface area contributed by atoms with E-state index in [9.17, 15) is 4.79 Å². The molecule has 1 aliphatic rings. The molecular formula is C16H23Cl2N3O. The second kappa shape index (κ2) is 7.18. The predicted octanol–water partition coefficient (Wildman–Crippen LogP) is 2.84. The van der Waals surface area contributed by atoms with E-state index in [-0.39, 0.29) is 17.4 Å². The number of amides is 1. The summed E-state index contributed by atoms with van der Waals surface area (Å²) in [5, 5.41) is 4.14. The van der Waals surface area contributed by atoms with Crippen molar-refractivity contribution in [3.05, 3.63) is 33.8 Å². The van der Waals surface area contributed by atoms with Crippen molar-refractivity contribution < 1.29 is 4.79 Å². The van der Waals surface area contributed by atoms with E-state index in [0.29, 0.717) is 23.1 Å². The molecule has 2 unspecified atom stereocenters. The van der Waals surface area contributed by atoms with Gasteiger partial charge in [-0.25, -0.2) is 0 Å². The molecule has 1 aromatic rings. The van der Waals surface area contributed by atoms with Gasteiger partial charge in [-0.2, -0.15) is 0 Å². The molecule has 1 amide bonds. The third-order valence-electron chi connectivity index (χ3n) is 4.30. The van der Waals surface area contributed by atoms with Crippen molar-refractivity contribution >= 4 is 29.1 Å². The number of hydrogen-bond donors (Lipinski definition) is 2. The van der Waals surface area contributed by atoms with Gasteiger partial charge in [0.05, 0.1) is 12.6 Å². The van der Waals surface area contributed by atoms with Gasteiger partial charge in [0.1, 0.15) is 0 Å². The third kappa shape index (κ3) is 4.35. The SMILES string of the molecule is CC(NC(=O)CN1CCC(C)(CN)C1)c1ccc(Cl)cc1Cl. The molecule has 0 bridgehead atoms. The number of halogens is 2. The zero-order valence-electron chi connectivity index (χ0n) is 13.0. The summed E-state index contributed by atoms with van der Waals surface area (Å²) in [6.45, 7) is 6.92. The van der Waals surface area contributed by atoms with Crippen LogP contribution in [0, 0.1) is 5.41 Å². The Hall–Kier alpha value is -0.810. The Morgan fingerprint density at radius 1 is 1.50 bits per heavy atom. The molecule has 2 atom stereocenters. The van der Waals surface area contributed by atoms with Crippen molar-refractivity contribution in [1.29, 1.82) is 0 Å². The maximum absolute atomic E-state index is 12.2. The summed E-state index contributed by atoms with van der Waals surface area (Å²) in [5.74, 6) is -0.000196. The summed E-state index contributed by atoms with van der Waals surface area (Å²) < 4.78 is 0. The smallest absolute Gasteiger partial charge is 0.234 e. The number of carbonyl (C=O) groups excluding carboxylic acids is 1. The van der Waals surface area contributed by atoms with Gasteiger partial charge in [0.15, 0.2) is 0 Å². The first kappa shape index (κ1) is 17.5.